The van der Waals surface area contributed by atoms with Crippen LogP contribution >= 0.6 is 11.6 Å². The first-order valence-corrected chi connectivity index (χ1v) is 5.95. The van der Waals surface area contributed by atoms with Crippen molar-refractivity contribution in [1.29, 1.82) is 0 Å². The van der Waals surface area contributed by atoms with Crippen LogP contribution in [0.2, 0.25) is 5.02 Å². The largest absolute Gasteiger partial charge is 0.392 e. The fourth-order valence-corrected chi connectivity index (χ4v) is 2.24. The van der Waals surface area contributed by atoms with Gasteiger partial charge in [0.15, 0.2) is 0 Å². The van der Waals surface area contributed by atoms with E-state index in [9.17, 15) is 5.11 Å². The van der Waals surface area contributed by atoms with Gasteiger partial charge in [-0.1, -0.05) is 29.8 Å². The highest BCUT2D eigenvalue weighted by molar-refractivity contribution is 6.32. The number of nitrogens with zero attached hydrogens (tertiary/aromatic N) is 1. The first kappa shape index (κ1) is 12.4. The minimum absolute atomic E-state index is 0.0227. The Hall–Kier alpha value is -1.09. The van der Waals surface area contributed by atoms with E-state index in [1.165, 1.54) is 5.56 Å². The summed E-state index contributed by atoms with van der Waals surface area (Å²) in [7, 11) is 4.09. The van der Waals surface area contributed by atoms with Gasteiger partial charge in [0.25, 0.3) is 0 Å². The van der Waals surface area contributed by atoms with Crippen LogP contribution in [-0.4, -0.2) is 24.1 Å². The smallest absolute Gasteiger partial charge is 0.0696 e. The van der Waals surface area contributed by atoms with Gasteiger partial charge in [-0.3, -0.25) is 0 Å². The van der Waals surface area contributed by atoms with Crippen LogP contribution in [0.15, 0.2) is 30.3 Å². The van der Waals surface area contributed by atoms with E-state index in [-0.39, 0.29) is 6.61 Å². The molecule has 17 heavy (non-hydrogen) atoms. The topological polar surface area (TPSA) is 23.5 Å². The average Bonchev–Trinajstić information content (AvgIpc) is 2.27. The number of aliphatic hydroxyl groups is 1. The fraction of sp³-hybridized carbons (Fsp3) is 0.286. The second-order valence-corrected chi connectivity index (χ2v) is 4.88. The summed E-state index contributed by atoms with van der Waals surface area (Å²) in [5.41, 5.74) is 2.03. The van der Waals surface area contributed by atoms with Crippen LogP contribution in [0.1, 0.15) is 11.1 Å². The van der Waals surface area contributed by atoms with Crippen molar-refractivity contribution < 1.29 is 5.11 Å². The molecule has 0 fully saturated rings. The third-order valence-electron chi connectivity index (χ3n) is 2.79. The average molecular weight is 250 g/mol. The lowest BCUT2D eigenvalue weighted by atomic mass is 10.0. The molecule has 0 aliphatic carbocycles. The molecule has 3 heteroatoms. The third-order valence-corrected chi connectivity index (χ3v) is 3.15. The molecule has 2 nitrogen and oxygen atoms in total. The van der Waals surface area contributed by atoms with Gasteiger partial charge in [0, 0.05) is 11.6 Å². The van der Waals surface area contributed by atoms with E-state index in [1.807, 2.05) is 38.4 Å². The van der Waals surface area contributed by atoms with E-state index in [2.05, 4.69) is 11.0 Å². The lowest BCUT2D eigenvalue weighted by molar-refractivity contribution is 0.282. The second-order valence-electron chi connectivity index (χ2n) is 4.48. The molecule has 0 spiro atoms. The molecule has 0 heterocycles. The molecule has 0 aliphatic rings. The van der Waals surface area contributed by atoms with Crippen molar-refractivity contribution in [2.75, 3.05) is 14.1 Å². The van der Waals surface area contributed by atoms with Gasteiger partial charge in [-0.2, -0.15) is 0 Å². The van der Waals surface area contributed by atoms with E-state index >= 15 is 0 Å². The van der Waals surface area contributed by atoms with Crippen LogP contribution in [0.25, 0.3) is 10.8 Å². The Kier molecular flexibility index (Phi) is 3.67. The molecule has 0 saturated carbocycles. The summed E-state index contributed by atoms with van der Waals surface area (Å²) < 4.78 is 0. The standard InChI is InChI=1S/C14H16ClNO/c1-16(2)8-11-5-3-4-10-7-14(15)12(9-17)6-13(10)11/h3-7,17H,8-9H2,1-2H3. The minimum Gasteiger partial charge on any atom is -0.392 e. The molecule has 0 radical (unpaired) electrons. The normalized spacial score (nSPS) is 11.4. The molecule has 0 saturated heterocycles. The zero-order valence-electron chi connectivity index (χ0n) is 10.1. The molecule has 2 aromatic carbocycles. The molecule has 0 aliphatic heterocycles. The van der Waals surface area contributed by atoms with Crippen LogP contribution in [0.5, 0.6) is 0 Å². The summed E-state index contributed by atoms with van der Waals surface area (Å²) >= 11 is 6.09. The first-order valence-electron chi connectivity index (χ1n) is 5.57. The summed E-state index contributed by atoms with van der Waals surface area (Å²) in [5.74, 6) is 0. The summed E-state index contributed by atoms with van der Waals surface area (Å²) in [6, 6.07) is 10.1. The van der Waals surface area contributed by atoms with E-state index in [1.54, 1.807) is 0 Å². The maximum Gasteiger partial charge on any atom is 0.0696 e. The molecular formula is C14H16ClNO. The number of halogens is 1. The Labute approximate surface area is 106 Å². The molecule has 0 atom stereocenters. The number of hydrogen-bond acceptors (Lipinski definition) is 2. The lowest BCUT2D eigenvalue weighted by Gasteiger charge is -2.13. The Balaban J connectivity index is 2.61. The Morgan fingerprint density at radius 1 is 1.18 bits per heavy atom. The van der Waals surface area contributed by atoms with Crippen molar-refractivity contribution in [2.24, 2.45) is 0 Å². The number of rotatable bonds is 3. The van der Waals surface area contributed by atoms with Crippen molar-refractivity contribution in [3.63, 3.8) is 0 Å². The minimum atomic E-state index is -0.0227. The maximum atomic E-state index is 9.26. The zero-order valence-corrected chi connectivity index (χ0v) is 10.8. The molecule has 0 amide bonds. The Morgan fingerprint density at radius 2 is 1.94 bits per heavy atom. The quantitative estimate of drug-likeness (QED) is 0.904. The van der Waals surface area contributed by atoms with Crippen LogP contribution in [-0.2, 0) is 13.2 Å². The van der Waals surface area contributed by atoms with Crippen molar-refractivity contribution in [2.45, 2.75) is 13.2 Å². The van der Waals surface area contributed by atoms with Gasteiger partial charge in [-0.05, 0) is 48.1 Å². The Bertz CT molecular complexity index is 537. The van der Waals surface area contributed by atoms with Crippen molar-refractivity contribution in [3.8, 4) is 0 Å². The first-order chi connectivity index (χ1) is 8.11. The van der Waals surface area contributed by atoms with Crippen LogP contribution < -0.4 is 0 Å². The highest BCUT2D eigenvalue weighted by Crippen LogP contribution is 2.27. The SMILES string of the molecule is CN(C)Cc1cccc2cc(Cl)c(CO)cc12. The van der Waals surface area contributed by atoms with Gasteiger partial charge in [0.1, 0.15) is 0 Å². The summed E-state index contributed by atoms with van der Waals surface area (Å²) in [5, 5.41) is 12.2. The molecule has 0 bridgehead atoms. The van der Waals surface area contributed by atoms with Gasteiger partial charge in [0.2, 0.25) is 0 Å². The summed E-state index contributed by atoms with van der Waals surface area (Å²) in [6.45, 7) is 0.856. The van der Waals surface area contributed by atoms with Gasteiger partial charge in [-0.25, -0.2) is 0 Å². The van der Waals surface area contributed by atoms with Gasteiger partial charge in [0.05, 0.1) is 6.61 Å². The van der Waals surface area contributed by atoms with E-state index in [4.69, 9.17) is 11.6 Å². The maximum absolute atomic E-state index is 9.26. The molecule has 2 rings (SSSR count). The predicted molar refractivity (Wildman–Crippen MR) is 72.3 cm³/mol. The predicted octanol–water partition coefficient (Wildman–Crippen LogP) is 3.05. The molecular weight excluding hydrogens is 234 g/mol. The van der Waals surface area contributed by atoms with E-state index in [0.29, 0.717) is 5.02 Å². The number of fused-ring (bicyclic) bond motifs is 1. The Morgan fingerprint density at radius 3 is 2.59 bits per heavy atom. The number of benzene rings is 2. The molecule has 0 aromatic heterocycles. The molecule has 90 valence electrons. The molecule has 2 aromatic rings. The van der Waals surface area contributed by atoms with Crippen molar-refractivity contribution in [1.82, 2.24) is 4.90 Å². The van der Waals surface area contributed by atoms with Gasteiger partial charge < -0.3 is 10.0 Å². The van der Waals surface area contributed by atoms with Gasteiger partial charge >= 0.3 is 0 Å². The van der Waals surface area contributed by atoms with Crippen LogP contribution in [0, 0.1) is 0 Å². The van der Waals surface area contributed by atoms with Crippen molar-refractivity contribution >= 4 is 22.4 Å². The molecule has 1 N–H and O–H groups in total. The zero-order chi connectivity index (χ0) is 12.4. The number of hydrogen-bond donors (Lipinski definition) is 1. The lowest BCUT2D eigenvalue weighted by Crippen LogP contribution is -2.10. The summed E-state index contributed by atoms with van der Waals surface area (Å²) in [4.78, 5) is 2.13. The van der Waals surface area contributed by atoms with Crippen molar-refractivity contribution in [3.05, 3.63) is 46.5 Å². The number of aliphatic hydroxyl groups excluding tert-OH is 1. The van der Waals surface area contributed by atoms with Crippen LogP contribution in [0.3, 0.4) is 0 Å². The second kappa shape index (κ2) is 5.05. The third kappa shape index (κ3) is 2.60. The van der Waals surface area contributed by atoms with E-state index in [0.717, 1.165) is 22.9 Å². The van der Waals surface area contributed by atoms with Crippen LogP contribution in [0.4, 0.5) is 0 Å². The fourth-order valence-electron chi connectivity index (χ4n) is 2.01. The molecule has 0 unspecified atom stereocenters. The highest BCUT2D eigenvalue weighted by Gasteiger charge is 2.06. The monoisotopic (exact) mass is 249 g/mol. The summed E-state index contributed by atoms with van der Waals surface area (Å²) in [6.07, 6.45) is 0. The van der Waals surface area contributed by atoms with Gasteiger partial charge in [-0.15, -0.1) is 0 Å². The van der Waals surface area contributed by atoms with E-state index < -0.39 is 0 Å². The highest BCUT2D eigenvalue weighted by atomic mass is 35.5.